The van der Waals surface area contributed by atoms with Gasteiger partial charge in [0.2, 0.25) is 0 Å². The van der Waals surface area contributed by atoms with E-state index in [9.17, 15) is 4.39 Å². The summed E-state index contributed by atoms with van der Waals surface area (Å²) in [6, 6.07) is 4.39. The van der Waals surface area contributed by atoms with E-state index in [4.69, 9.17) is 5.73 Å². The lowest BCUT2D eigenvalue weighted by atomic mass is 10.0. The van der Waals surface area contributed by atoms with Crippen molar-refractivity contribution in [1.29, 1.82) is 0 Å². The first-order chi connectivity index (χ1) is 6.02. The lowest BCUT2D eigenvalue weighted by Crippen LogP contribution is -1.98. The maximum atomic E-state index is 12.9. The van der Waals surface area contributed by atoms with E-state index in [2.05, 4.69) is 13.2 Å². The number of nitrogens with two attached hydrogens (primary N) is 1. The standard InChI is InChI=1S/C11H12FN/c1-7(2)11-6-9(12)4-5-10(11)8(3)13/h4-6H,1,3,13H2,2H3. The predicted octanol–water partition coefficient (Wildman–Crippen LogP) is 2.79. The summed E-state index contributed by atoms with van der Waals surface area (Å²) >= 11 is 0. The highest BCUT2D eigenvalue weighted by molar-refractivity contribution is 5.75. The van der Waals surface area contributed by atoms with Crippen LogP contribution < -0.4 is 5.73 Å². The molecule has 0 heterocycles. The zero-order valence-corrected chi connectivity index (χ0v) is 7.60. The van der Waals surface area contributed by atoms with Crippen LogP contribution in [0.1, 0.15) is 18.1 Å². The number of hydrogen-bond donors (Lipinski definition) is 1. The Bertz CT molecular complexity index is 366. The minimum absolute atomic E-state index is 0.289. The maximum absolute atomic E-state index is 12.9. The molecule has 0 aromatic heterocycles. The molecule has 0 aliphatic heterocycles. The van der Waals surface area contributed by atoms with Crippen molar-refractivity contribution in [3.05, 3.63) is 48.3 Å². The first kappa shape index (κ1) is 9.52. The van der Waals surface area contributed by atoms with Crippen LogP contribution in [0, 0.1) is 5.82 Å². The molecule has 0 spiro atoms. The summed E-state index contributed by atoms with van der Waals surface area (Å²) in [4.78, 5) is 0. The van der Waals surface area contributed by atoms with Gasteiger partial charge in [0, 0.05) is 11.3 Å². The van der Waals surface area contributed by atoms with Crippen molar-refractivity contribution < 1.29 is 4.39 Å². The minimum Gasteiger partial charge on any atom is -0.399 e. The van der Waals surface area contributed by atoms with E-state index < -0.39 is 0 Å². The van der Waals surface area contributed by atoms with Gasteiger partial charge in [-0.05, 0) is 30.7 Å². The summed E-state index contributed by atoms with van der Waals surface area (Å²) in [6.45, 7) is 9.17. The van der Waals surface area contributed by atoms with E-state index in [-0.39, 0.29) is 5.82 Å². The minimum atomic E-state index is -0.289. The van der Waals surface area contributed by atoms with E-state index in [0.29, 0.717) is 11.3 Å². The van der Waals surface area contributed by atoms with Gasteiger partial charge in [-0.1, -0.05) is 18.7 Å². The molecule has 1 rings (SSSR count). The van der Waals surface area contributed by atoms with Crippen LogP contribution in [0.4, 0.5) is 4.39 Å². The van der Waals surface area contributed by atoms with Crippen LogP contribution >= 0.6 is 0 Å². The highest BCUT2D eigenvalue weighted by atomic mass is 19.1. The molecular weight excluding hydrogens is 165 g/mol. The lowest BCUT2D eigenvalue weighted by molar-refractivity contribution is 0.627. The second-order valence-electron chi connectivity index (χ2n) is 3.00. The average molecular weight is 177 g/mol. The van der Waals surface area contributed by atoms with Crippen LogP contribution in [-0.4, -0.2) is 0 Å². The maximum Gasteiger partial charge on any atom is 0.123 e. The van der Waals surface area contributed by atoms with Crippen LogP contribution in [0.3, 0.4) is 0 Å². The number of benzene rings is 1. The second-order valence-corrected chi connectivity index (χ2v) is 3.00. The van der Waals surface area contributed by atoms with Gasteiger partial charge in [0.05, 0.1) is 0 Å². The summed E-state index contributed by atoms with van der Waals surface area (Å²) in [7, 11) is 0. The third kappa shape index (κ3) is 1.96. The Kier molecular flexibility index (Phi) is 2.52. The SMILES string of the molecule is C=C(C)c1cc(F)ccc1C(=C)N. The molecule has 13 heavy (non-hydrogen) atoms. The quantitative estimate of drug-likeness (QED) is 0.738. The lowest BCUT2D eigenvalue weighted by Gasteiger charge is -2.08. The average Bonchev–Trinajstić information content (AvgIpc) is 2.03. The van der Waals surface area contributed by atoms with Gasteiger partial charge < -0.3 is 5.73 Å². The fraction of sp³-hybridized carbons (Fsp3) is 0.0909. The fourth-order valence-corrected chi connectivity index (χ4v) is 1.15. The van der Waals surface area contributed by atoms with Gasteiger partial charge in [0.15, 0.2) is 0 Å². The van der Waals surface area contributed by atoms with Crippen molar-refractivity contribution in [1.82, 2.24) is 0 Å². The smallest absolute Gasteiger partial charge is 0.123 e. The van der Waals surface area contributed by atoms with Crippen LogP contribution in [0.25, 0.3) is 11.3 Å². The first-order valence-corrected chi connectivity index (χ1v) is 3.92. The summed E-state index contributed by atoms with van der Waals surface area (Å²) in [5.74, 6) is -0.289. The molecule has 0 aliphatic carbocycles. The van der Waals surface area contributed by atoms with E-state index in [1.807, 2.05) is 0 Å². The molecule has 1 aromatic rings. The Morgan fingerprint density at radius 2 is 1.92 bits per heavy atom. The van der Waals surface area contributed by atoms with Crippen LogP contribution in [-0.2, 0) is 0 Å². The molecule has 0 unspecified atom stereocenters. The van der Waals surface area contributed by atoms with E-state index in [1.165, 1.54) is 12.1 Å². The van der Waals surface area contributed by atoms with E-state index >= 15 is 0 Å². The molecule has 2 heteroatoms. The van der Waals surface area contributed by atoms with Gasteiger partial charge in [-0.15, -0.1) is 0 Å². The van der Waals surface area contributed by atoms with Crippen molar-refractivity contribution in [3.8, 4) is 0 Å². The number of rotatable bonds is 2. The Morgan fingerprint density at radius 1 is 1.31 bits per heavy atom. The zero-order valence-electron chi connectivity index (χ0n) is 7.60. The van der Waals surface area contributed by atoms with Gasteiger partial charge in [-0.3, -0.25) is 0 Å². The van der Waals surface area contributed by atoms with E-state index in [1.54, 1.807) is 13.0 Å². The van der Waals surface area contributed by atoms with Gasteiger partial charge in [0.1, 0.15) is 5.82 Å². The van der Waals surface area contributed by atoms with Crippen LogP contribution in [0.2, 0.25) is 0 Å². The third-order valence-electron chi connectivity index (χ3n) is 1.79. The molecule has 1 nitrogen and oxygen atoms in total. The number of hydrogen-bond acceptors (Lipinski definition) is 1. The van der Waals surface area contributed by atoms with Crippen LogP contribution in [0.5, 0.6) is 0 Å². The number of allylic oxidation sites excluding steroid dienone is 1. The Labute approximate surface area is 77.4 Å². The second kappa shape index (κ2) is 3.44. The molecule has 0 saturated carbocycles. The molecule has 2 N–H and O–H groups in total. The largest absolute Gasteiger partial charge is 0.399 e. The summed E-state index contributed by atoms with van der Waals surface area (Å²) < 4.78 is 12.9. The monoisotopic (exact) mass is 177 g/mol. The van der Waals surface area contributed by atoms with Crippen molar-refractivity contribution in [3.63, 3.8) is 0 Å². The molecule has 0 atom stereocenters. The fourth-order valence-electron chi connectivity index (χ4n) is 1.15. The van der Waals surface area contributed by atoms with Gasteiger partial charge in [-0.2, -0.15) is 0 Å². The normalized spacial score (nSPS) is 9.69. The van der Waals surface area contributed by atoms with E-state index in [0.717, 1.165) is 11.1 Å². The molecule has 0 radical (unpaired) electrons. The molecule has 68 valence electrons. The molecule has 0 aliphatic rings. The summed E-state index contributed by atoms with van der Waals surface area (Å²) in [5.41, 5.74) is 8.21. The van der Waals surface area contributed by atoms with Crippen molar-refractivity contribution >= 4 is 11.3 Å². The molecule has 0 bridgehead atoms. The summed E-state index contributed by atoms with van der Waals surface area (Å²) in [5, 5.41) is 0. The highest BCUT2D eigenvalue weighted by Gasteiger charge is 2.05. The highest BCUT2D eigenvalue weighted by Crippen LogP contribution is 2.21. The molecule has 0 amide bonds. The first-order valence-electron chi connectivity index (χ1n) is 3.92. The Hall–Kier alpha value is -1.57. The molecular formula is C11H12FN. The summed E-state index contributed by atoms with van der Waals surface area (Å²) in [6.07, 6.45) is 0. The number of halogens is 1. The van der Waals surface area contributed by atoms with Gasteiger partial charge in [0.25, 0.3) is 0 Å². The zero-order chi connectivity index (χ0) is 10.0. The predicted molar refractivity (Wildman–Crippen MR) is 54.3 cm³/mol. The third-order valence-corrected chi connectivity index (χ3v) is 1.79. The molecule has 1 aromatic carbocycles. The topological polar surface area (TPSA) is 26.0 Å². The van der Waals surface area contributed by atoms with Crippen molar-refractivity contribution in [2.45, 2.75) is 6.92 Å². The van der Waals surface area contributed by atoms with Gasteiger partial charge >= 0.3 is 0 Å². The van der Waals surface area contributed by atoms with Crippen molar-refractivity contribution in [2.75, 3.05) is 0 Å². The molecule has 0 saturated heterocycles. The Balaban J connectivity index is 3.35. The Morgan fingerprint density at radius 3 is 2.38 bits per heavy atom. The van der Waals surface area contributed by atoms with Gasteiger partial charge in [-0.25, -0.2) is 4.39 Å². The van der Waals surface area contributed by atoms with Crippen LogP contribution in [0.15, 0.2) is 31.4 Å². The van der Waals surface area contributed by atoms with Crippen molar-refractivity contribution in [2.24, 2.45) is 5.73 Å². The molecule has 0 fully saturated rings.